The third-order valence-corrected chi connectivity index (χ3v) is 4.76. The van der Waals surface area contributed by atoms with Crippen molar-refractivity contribution in [1.82, 2.24) is 0 Å². The highest BCUT2D eigenvalue weighted by Crippen LogP contribution is 2.29. The molecular formula is C8H5Cl2IO4S. The van der Waals surface area contributed by atoms with Gasteiger partial charge in [-0.3, -0.25) is 0 Å². The Morgan fingerprint density at radius 3 is 2.44 bits per heavy atom. The molecule has 0 radical (unpaired) electrons. The van der Waals surface area contributed by atoms with Gasteiger partial charge in [0.25, 0.3) is 9.05 Å². The highest BCUT2D eigenvalue weighted by atomic mass is 127. The number of rotatable bonds is 2. The van der Waals surface area contributed by atoms with Gasteiger partial charge < -0.3 is 4.74 Å². The zero-order chi connectivity index (χ0) is 12.5. The molecule has 0 N–H and O–H groups in total. The molecule has 4 nitrogen and oxygen atoms in total. The summed E-state index contributed by atoms with van der Waals surface area (Å²) in [7, 11) is 2.45. The van der Waals surface area contributed by atoms with Gasteiger partial charge in [-0.2, -0.15) is 0 Å². The van der Waals surface area contributed by atoms with E-state index in [-0.39, 0.29) is 19.1 Å². The third kappa shape index (κ3) is 2.99. The Hall–Kier alpha value is -0.0500. The average Bonchev–Trinajstić information content (AvgIpc) is 2.18. The number of methoxy groups -OCH3 is 1. The van der Waals surface area contributed by atoms with E-state index in [1.807, 2.05) is 0 Å². The Bertz CT molecular complexity index is 541. The first-order valence-corrected chi connectivity index (χ1v) is 7.56. The second-order valence-corrected chi connectivity index (χ2v) is 6.74. The van der Waals surface area contributed by atoms with Crippen LogP contribution in [0.15, 0.2) is 17.0 Å². The zero-order valence-corrected chi connectivity index (χ0v) is 12.3. The molecule has 0 aliphatic carbocycles. The van der Waals surface area contributed by atoms with Crippen LogP contribution in [0.3, 0.4) is 0 Å². The van der Waals surface area contributed by atoms with Crippen LogP contribution in [-0.4, -0.2) is 21.5 Å². The molecule has 0 heterocycles. The summed E-state index contributed by atoms with van der Waals surface area (Å²) in [5.74, 6) is -0.673. The monoisotopic (exact) mass is 394 g/mol. The molecule has 88 valence electrons. The van der Waals surface area contributed by atoms with Gasteiger partial charge in [-0.25, -0.2) is 13.2 Å². The van der Waals surface area contributed by atoms with Crippen LogP contribution in [0.1, 0.15) is 10.4 Å². The predicted molar refractivity (Wildman–Crippen MR) is 68.5 cm³/mol. The number of hydrogen-bond donors (Lipinski definition) is 0. The summed E-state index contributed by atoms with van der Waals surface area (Å²) in [4.78, 5) is 11.1. The van der Waals surface area contributed by atoms with E-state index in [4.69, 9.17) is 22.3 Å². The number of halogens is 3. The van der Waals surface area contributed by atoms with E-state index in [1.165, 1.54) is 19.2 Å². The summed E-state index contributed by atoms with van der Waals surface area (Å²) >= 11 is 7.39. The van der Waals surface area contributed by atoms with Gasteiger partial charge in [0.15, 0.2) is 0 Å². The zero-order valence-electron chi connectivity index (χ0n) is 7.83. The van der Waals surface area contributed by atoms with E-state index in [1.54, 1.807) is 22.6 Å². The van der Waals surface area contributed by atoms with Gasteiger partial charge in [0.2, 0.25) is 0 Å². The van der Waals surface area contributed by atoms with Gasteiger partial charge in [0.05, 0.1) is 17.6 Å². The lowest BCUT2D eigenvalue weighted by molar-refractivity contribution is 0.0599. The molecule has 0 amide bonds. The van der Waals surface area contributed by atoms with Crippen molar-refractivity contribution in [1.29, 1.82) is 0 Å². The summed E-state index contributed by atoms with van der Waals surface area (Å²) in [6.45, 7) is 0. The Kier molecular flexibility index (Phi) is 4.44. The molecule has 1 aromatic carbocycles. The molecule has 1 aromatic rings. The molecule has 0 unspecified atom stereocenters. The second-order valence-electron chi connectivity index (χ2n) is 2.69. The molecule has 16 heavy (non-hydrogen) atoms. The van der Waals surface area contributed by atoms with Crippen LogP contribution in [0, 0.1) is 3.57 Å². The second kappa shape index (κ2) is 5.07. The van der Waals surface area contributed by atoms with Crippen LogP contribution in [0.25, 0.3) is 0 Å². The number of ether oxygens (including phenoxy) is 1. The SMILES string of the molecule is COC(=O)c1cc(Cl)cc(S(=O)(=O)Cl)c1I. The molecular weight excluding hydrogens is 390 g/mol. The Labute approximate surface area is 115 Å². The standard InChI is InChI=1S/C8H5Cl2IO4S/c1-15-8(12)5-2-4(9)3-6(7(5)11)16(10,13)14/h2-3H,1H3. The first kappa shape index (κ1) is 14.0. The number of carbonyl (C=O) groups is 1. The maximum Gasteiger partial charge on any atom is 0.339 e. The van der Waals surface area contributed by atoms with Crippen molar-refractivity contribution in [2.75, 3.05) is 7.11 Å². The molecule has 0 fully saturated rings. The van der Waals surface area contributed by atoms with Crippen LogP contribution in [0.5, 0.6) is 0 Å². The van der Waals surface area contributed by atoms with Crippen molar-refractivity contribution >= 4 is 59.9 Å². The Morgan fingerprint density at radius 1 is 1.44 bits per heavy atom. The number of hydrogen-bond acceptors (Lipinski definition) is 4. The van der Waals surface area contributed by atoms with E-state index in [0.29, 0.717) is 0 Å². The summed E-state index contributed by atoms with van der Waals surface area (Å²) in [6, 6.07) is 2.50. The average molecular weight is 395 g/mol. The summed E-state index contributed by atoms with van der Waals surface area (Å²) < 4.78 is 27.1. The summed E-state index contributed by atoms with van der Waals surface area (Å²) in [5.41, 5.74) is 0.0647. The minimum atomic E-state index is -3.95. The first-order chi connectivity index (χ1) is 7.27. The van der Waals surface area contributed by atoms with Gasteiger partial charge in [-0.15, -0.1) is 0 Å². The lowest BCUT2D eigenvalue weighted by Crippen LogP contribution is -2.07. The van der Waals surface area contributed by atoms with E-state index in [9.17, 15) is 13.2 Å². The van der Waals surface area contributed by atoms with Gasteiger partial charge in [0.1, 0.15) is 0 Å². The van der Waals surface area contributed by atoms with E-state index in [2.05, 4.69) is 4.74 Å². The smallest absolute Gasteiger partial charge is 0.339 e. The fourth-order valence-electron chi connectivity index (χ4n) is 1.00. The van der Waals surface area contributed by atoms with Crippen molar-refractivity contribution < 1.29 is 17.9 Å². The summed E-state index contributed by atoms with van der Waals surface area (Å²) in [5, 5.41) is 0.0973. The quantitative estimate of drug-likeness (QED) is 0.439. The molecule has 0 saturated carbocycles. The topological polar surface area (TPSA) is 60.4 Å². The van der Waals surface area contributed by atoms with Gasteiger partial charge in [0, 0.05) is 19.3 Å². The first-order valence-electron chi connectivity index (χ1n) is 3.79. The van der Waals surface area contributed by atoms with Crippen LogP contribution < -0.4 is 0 Å². The lowest BCUT2D eigenvalue weighted by Gasteiger charge is -2.07. The maximum absolute atomic E-state index is 11.3. The van der Waals surface area contributed by atoms with Crippen LogP contribution in [-0.2, 0) is 13.8 Å². The van der Waals surface area contributed by atoms with Crippen molar-refractivity contribution in [3.63, 3.8) is 0 Å². The van der Waals surface area contributed by atoms with E-state index >= 15 is 0 Å². The number of esters is 1. The van der Waals surface area contributed by atoms with Gasteiger partial charge >= 0.3 is 5.97 Å². The predicted octanol–water partition coefficient (Wildman–Crippen LogP) is 2.66. The molecule has 0 aliphatic rings. The molecule has 0 saturated heterocycles. The highest BCUT2D eigenvalue weighted by molar-refractivity contribution is 14.1. The Balaban J connectivity index is 3.56. The minimum Gasteiger partial charge on any atom is -0.465 e. The summed E-state index contributed by atoms with van der Waals surface area (Å²) in [6.07, 6.45) is 0. The molecule has 8 heteroatoms. The Morgan fingerprint density at radius 2 is 2.00 bits per heavy atom. The van der Waals surface area contributed by atoms with Crippen LogP contribution >= 0.6 is 44.9 Å². The third-order valence-electron chi connectivity index (χ3n) is 1.67. The van der Waals surface area contributed by atoms with Crippen molar-refractivity contribution in [2.45, 2.75) is 4.90 Å². The van der Waals surface area contributed by atoms with Gasteiger partial charge in [-0.05, 0) is 34.7 Å². The van der Waals surface area contributed by atoms with Crippen LogP contribution in [0.4, 0.5) is 0 Å². The molecule has 0 aromatic heterocycles. The lowest BCUT2D eigenvalue weighted by atomic mass is 10.2. The molecule has 0 spiro atoms. The van der Waals surface area contributed by atoms with Crippen LogP contribution in [0.2, 0.25) is 5.02 Å². The maximum atomic E-state index is 11.3. The molecule has 0 aliphatic heterocycles. The van der Waals surface area contributed by atoms with Gasteiger partial charge in [-0.1, -0.05) is 11.6 Å². The normalized spacial score (nSPS) is 11.2. The molecule has 0 atom stereocenters. The largest absolute Gasteiger partial charge is 0.465 e. The fourth-order valence-corrected chi connectivity index (χ4v) is 4.03. The minimum absolute atomic E-state index is 0.0647. The number of benzene rings is 1. The van der Waals surface area contributed by atoms with E-state index < -0.39 is 15.0 Å². The highest BCUT2D eigenvalue weighted by Gasteiger charge is 2.22. The van der Waals surface area contributed by atoms with Crippen molar-refractivity contribution in [2.24, 2.45) is 0 Å². The van der Waals surface area contributed by atoms with Crippen molar-refractivity contribution in [3.8, 4) is 0 Å². The molecule has 0 bridgehead atoms. The molecule has 1 rings (SSSR count). The number of carbonyl (C=O) groups excluding carboxylic acids is 1. The van der Waals surface area contributed by atoms with E-state index in [0.717, 1.165) is 0 Å². The van der Waals surface area contributed by atoms with Crippen molar-refractivity contribution in [3.05, 3.63) is 26.3 Å². The fraction of sp³-hybridized carbons (Fsp3) is 0.125.